The molecule has 1 aliphatic heterocycles. The molecular formula is C15H24N2O3S2. The molecule has 3 rings (SSSR count). The molecular weight excluding hydrogens is 320 g/mol. The van der Waals surface area contributed by atoms with Crippen LogP contribution in [0.25, 0.3) is 0 Å². The molecule has 0 radical (unpaired) electrons. The summed E-state index contributed by atoms with van der Waals surface area (Å²) in [5.41, 5.74) is 0. The van der Waals surface area contributed by atoms with E-state index in [4.69, 9.17) is 4.42 Å². The van der Waals surface area contributed by atoms with Crippen molar-refractivity contribution in [1.82, 2.24) is 10.2 Å². The number of aromatic nitrogens is 2. The van der Waals surface area contributed by atoms with Gasteiger partial charge < -0.3 is 4.42 Å². The van der Waals surface area contributed by atoms with Crippen LogP contribution in [0.3, 0.4) is 0 Å². The maximum atomic E-state index is 11.5. The predicted octanol–water partition coefficient (Wildman–Crippen LogP) is 3.11. The van der Waals surface area contributed by atoms with Crippen LogP contribution in [0.15, 0.2) is 9.64 Å². The van der Waals surface area contributed by atoms with E-state index < -0.39 is 9.84 Å². The van der Waals surface area contributed by atoms with Gasteiger partial charge in [-0.2, -0.15) is 0 Å². The van der Waals surface area contributed by atoms with Crippen LogP contribution in [0.2, 0.25) is 0 Å². The Morgan fingerprint density at radius 1 is 1.05 bits per heavy atom. The zero-order valence-electron chi connectivity index (χ0n) is 12.9. The van der Waals surface area contributed by atoms with Gasteiger partial charge in [0.15, 0.2) is 9.84 Å². The van der Waals surface area contributed by atoms with E-state index in [1.807, 2.05) is 0 Å². The molecule has 1 atom stereocenters. The summed E-state index contributed by atoms with van der Waals surface area (Å²) in [7, 11) is -2.83. The van der Waals surface area contributed by atoms with Gasteiger partial charge in [0, 0.05) is 12.2 Å². The molecule has 7 heteroatoms. The molecule has 2 fully saturated rings. The fraction of sp³-hybridized carbons (Fsp3) is 0.867. The lowest BCUT2D eigenvalue weighted by molar-refractivity contribution is 0.388. The van der Waals surface area contributed by atoms with Gasteiger partial charge in [-0.25, -0.2) is 8.42 Å². The highest BCUT2D eigenvalue weighted by molar-refractivity contribution is 7.99. The molecule has 1 aromatic rings. The molecule has 1 aliphatic carbocycles. The lowest BCUT2D eigenvalue weighted by Crippen LogP contribution is -2.07. The van der Waals surface area contributed by atoms with Crippen molar-refractivity contribution in [3.05, 3.63) is 5.89 Å². The van der Waals surface area contributed by atoms with Gasteiger partial charge in [0.25, 0.3) is 5.22 Å². The fourth-order valence-corrected chi connectivity index (χ4v) is 6.21. The topological polar surface area (TPSA) is 73.1 Å². The van der Waals surface area contributed by atoms with E-state index >= 15 is 0 Å². The molecule has 0 N–H and O–H groups in total. The van der Waals surface area contributed by atoms with E-state index in [2.05, 4.69) is 10.2 Å². The van der Waals surface area contributed by atoms with Crippen molar-refractivity contribution in [3.63, 3.8) is 0 Å². The van der Waals surface area contributed by atoms with Gasteiger partial charge in [-0.1, -0.05) is 37.4 Å². The minimum absolute atomic E-state index is 0.144. The van der Waals surface area contributed by atoms with Gasteiger partial charge in [-0.05, 0) is 31.1 Å². The summed E-state index contributed by atoms with van der Waals surface area (Å²) in [5, 5.41) is 8.82. The minimum atomic E-state index is -2.83. The number of thioether (sulfide) groups is 1. The summed E-state index contributed by atoms with van der Waals surface area (Å²) in [5.74, 6) is 3.12. The number of sulfone groups is 1. The summed E-state index contributed by atoms with van der Waals surface area (Å²) in [4.78, 5) is 0. The fourth-order valence-electron chi connectivity index (χ4n) is 3.38. The summed E-state index contributed by atoms with van der Waals surface area (Å²) in [6.07, 6.45) is 9.37. The number of hydrogen-bond donors (Lipinski definition) is 0. The number of nitrogens with zero attached hydrogens (tertiary/aromatic N) is 2. The van der Waals surface area contributed by atoms with Crippen molar-refractivity contribution in [3.8, 4) is 0 Å². The Hall–Kier alpha value is -0.560. The van der Waals surface area contributed by atoms with Crippen LogP contribution < -0.4 is 0 Å². The molecule has 1 saturated carbocycles. The van der Waals surface area contributed by atoms with Crippen LogP contribution in [-0.2, 0) is 16.3 Å². The Labute approximate surface area is 136 Å². The summed E-state index contributed by atoms with van der Waals surface area (Å²) >= 11 is 1.66. The third-order valence-corrected chi connectivity index (χ3v) is 7.54. The van der Waals surface area contributed by atoms with Crippen LogP contribution in [-0.4, -0.2) is 35.9 Å². The zero-order chi connectivity index (χ0) is 15.4. The largest absolute Gasteiger partial charge is 0.416 e. The molecule has 2 heterocycles. The van der Waals surface area contributed by atoms with Crippen molar-refractivity contribution in [1.29, 1.82) is 0 Å². The van der Waals surface area contributed by atoms with Crippen molar-refractivity contribution < 1.29 is 12.8 Å². The van der Waals surface area contributed by atoms with E-state index in [1.165, 1.54) is 38.5 Å². The average Bonchev–Trinajstić information content (AvgIpc) is 2.95. The third-order valence-electron chi connectivity index (χ3n) is 4.66. The van der Waals surface area contributed by atoms with E-state index in [9.17, 15) is 8.42 Å². The molecule has 22 heavy (non-hydrogen) atoms. The summed E-state index contributed by atoms with van der Waals surface area (Å²) in [6.45, 7) is 0. The van der Waals surface area contributed by atoms with Crippen molar-refractivity contribution in [2.45, 2.75) is 56.6 Å². The van der Waals surface area contributed by atoms with Gasteiger partial charge >= 0.3 is 0 Å². The average molecular weight is 345 g/mol. The molecule has 0 aromatic carbocycles. The second-order valence-electron chi connectivity index (χ2n) is 6.60. The first kappa shape index (κ1) is 16.3. The second-order valence-corrected chi connectivity index (χ2v) is 9.80. The smallest absolute Gasteiger partial charge is 0.276 e. The van der Waals surface area contributed by atoms with Crippen molar-refractivity contribution >= 4 is 21.6 Å². The highest BCUT2D eigenvalue weighted by Crippen LogP contribution is 2.29. The Morgan fingerprint density at radius 3 is 2.50 bits per heavy atom. The van der Waals surface area contributed by atoms with Gasteiger partial charge in [0.2, 0.25) is 5.89 Å². The van der Waals surface area contributed by atoms with Crippen LogP contribution in [0.4, 0.5) is 0 Å². The number of hydrogen-bond acceptors (Lipinski definition) is 6. The summed E-state index contributed by atoms with van der Waals surface area (Å²) < 4.78 is 28.6. The van der Waals surface area contributed by atoms with Gasteiger partial charge in [0.05, 0.1) is 11.5 Å². The van der Waals surface area contributed by atoms with Crippen molar-refractivity contribution in [2.24, 2.45) is 11.8 Å². The van der Waals surface area contributed by atoms with Gasteiger partial charge in [-0.15, -0.1) is 10.2 Å². The molecule has 124 valence electrons. The first-order valence-electron chi connectivity index (χ1n) is 8.26. The highest BCUT2D eigenvalue weighted by Gasteiger charge is 2.29. The first-order valence-corrected chi connectivity index (χ1v) is 11.1. The molecule has 0 unspecified atom stereocenters. The van der Waals surface area contributed by atoms with Crippen LogP contribution in [0.5, 0.6) is 0 Å². The van der Waals surface area contributed by atoms with E-state index in [1.54, 1.807) is 11.8 Å². The second kappa shape index (κ2) is 7.34. The van der Waals surface area contributed by atoms with Crippen LogP contribution in [0.1, 0.15) is 50.8 Å². The van der Waals surface area contributed by atoms with Crippen molar-refractivity contribution in [2.75, 3.05) is 17.3 Å². The first-order chi connectivity index (χ1) is 10.6. The minimum Gasteiger partial charge on any atom is -0.416 e. The predicted molar refractivity (Wildman–Crippen MR) is 86.7 cm³/mol. The Balaban J connectivity index is 1.46. The maximum absolute atomic E-state index is 11.5. The van der Waals surface area contributed by atoms with Crippen LogP contribution >= 0.6 is 11.8 Å². The highest BCUT2D eigenvalue weighted by atomic mass is 32.2. The maximum Gasteiger partial charge on any atom is 0.276 e. The monoisotopic (exact) mass is 344 g/mol. The lowest BCUT2D eigenvalue weighted by atomic mass is 10.0. The van der Waals surface area contributed by atoms with Gasteiger partial charge in [-0.3, -0.25) is 0 Å². The van der Waals surface area contributed by atoms with E-state index in [0.29, 0.717) is 23.3 Å². The number of rotatable bonds is 5. The molecule has 1 saturated heterocycles. The Kier molecular flexibility index (Phi) is 5.44. The quantitative estimate of drug-likeness (QED) is 0.603. The summed E-state index contributed by atoms with van der Waals surface area (Å²) in [6, 6.07) is 0. The lowest BCUT2D eigenvalue weighted by Gasteiger charge is -2.11. The van der Waals surface area contributed by atoms with E-state index in [0.717, 1.165) is 18.1 Å². The third kappa shape index (κ3) is 4.72. The molecule has 5 nitrogen and oxygen atoms in total. The molecule has 1 aromatic heterocycles. The standard InChI is InChI=1S/C15H24N2O3S2/c18-22(19)8-7-13(11-22)9-14-16-17-15(20-14)21-10-12-5-3-1-2-4-6-12/h12-13H,1-11H2/t13-/m1/s1. The van der Waals surface area contributed by atoms with Crippen LogP contribution in [0, 0.1) is 11.8 Å². The SMILES string of the molecule is O=S1(=O)CC[C@H](Cc2nnc(SCC3CCCCCC3)o2)C1. The zero-order valence-corrected chi connectivity index (χ0v) is 14.5. The molecule has 0 amide bonds. The van der Waals surface area contributed by atoms with Gasteiger partial charge in [0.1, 0.15) is 0 Å². The molecule has 0 spiro atoms. The Morgan fingerprint density at radius 2 is 1.82 bits per heavy atom. The molecule has 0 bridgehead atoms. The van der Waals surface area contributed by atoms with E-state index in [-0.39, 0.29) is 11.7 Å². The Bertz CT molecular complexity index is 577. The molecule has 2 aliphatic rings. The normalized spacial score (nSPS) is 26.1.